The minimum Gasteiger partial charge on any atom is -0.506 e. The van der Waals surface area contributed by atoms with E-state index in [2.05, 4.69) is 0 Å². The molecule has 2 heterocycles. The van der Waals surface area contributed by atoms with E-state index in [0.717, 1.165) is 0 Å². The first kappa shape index (κ1) is 18.3. The molecule has 0 radical (unpaired) electrons. The fraction of sp³-hybridized carbons (Fsp3) is 0.500. The molecule has 0 spiro atoms. The Balaban J connectivity index is 2.32. The van der Waals surface area contributed by atoms with E-state index >= 15 is 0 Å². The van der Waals surface area contributed by atoms with Gasteiger partial charge in [0.15, 0.2) is 5.78 Å². The summed E-state index contributed by atoms with van der Waals surface area (Å²) in [6.45, 7) is 9.03. The van der Waals surface area contributed by atoms with Crippen molar-refractivity contribution in [3.63, 3.8) is 0 Å². The maximum Gasteiger partial charge on any atom is 0.303 e. The topological polar surface area (TPSA) is 93.1 Å². The number of carbonyl (C=O) groups is 2. The molecule has 2 aliphatic heterocycles. The number of carboxylic acids is 1. The first-order valence-electron chi connectivity index (χ1n) is 8.77. The molecular formula is C20H24O6. The summed E-state index contributed by atoms with van der Waals surface area (Å²) in [5.74, 6) is -1.56. The number of hydrogen-bond acceptors (Lipinski definition) is 5. The summed E-state index contributed by atoms with van der Waals surface area (Å²) in [6.07, 6.45) is 3.00. The molecule has 140 valence electrons. The average Bonchev–Trinajstić information content (AvgIpc) is 2.50. The molecule has 3 rings (SSSR count). The first-order valence-corrected chi connectivity index (χ1v) is 8.77. The van der Waals surface area contributed by atoms with Crippen LogP contribution >= 0.6 is 0 Å². The van der Waals surface area contributed by atoms with Gasteiger partial charge in [0, 0.05) is 5.56 Å². The molecule has 0 saturated carbocycles. The van der Waals surface area contributed by atoms with Crippen LogP contribution in [0.5, 0.6) is 17.2 Å². The summed E-state index contributed by atoms with van der Waals surface area (Å²) in [7, 11) is 0. The standard InChI is InChI=1S/C20H24O6/c1-9(8-13(21)22)14-18-12(6-7-20(4,5)26-18)17(24)15-16(23)10(2)11(3)25-19(14)15/h6-7,9-11,24H,8H2,1-5H3,(H,21,22)/t9-,10+,11-/m1/s1. The van der Waals surface area contributed by atoms with E-state index < -0.39 is 23.4 Å². The van der Waals surface area contributed by atoms with E-state index in [1.54, 1.807) is 32.9 Å². The molecule has 0 aliphatic carbocycles. The second kappa shape index (κ2) is 6.04. The fourth-order valence-corrected chi connectivity index (χ4v) is 3.47. The second-order valence-electron chi connectivity index (χ2n) is 7.72. The second-order valence-corrected chi connectivity index (χ2v) is 7.72. The molecule has 0 amide bonds. The van der Waals surface area contributed by atoms with E-state index in [9.17, 15) is 19.8 Å². The Bertz CT molecular complexity index is 820. The van der Waals surface area contributed by atoms with Crippen molar-refractivity contribution >= 4 is 17.8 Å². The molecule has 0 unspecified atom stereocenters. The van der Waals surface area contributed by atoms with Gasteiger partial charge in [-0.1, -0.05) is 13.8 Å². The van der Waals surface area contributed by atoms with Gasteiger partial charge in [0.2, 0.25) is 0 Å². The van der Waals surface area contributed by atoms with Crippen molar-refractivity contribution < 1.29 is 29.3 Å². The summed E-state index contributed by atoms with van der Waals surface area (Å²) >= 11 is 0. The third-order valence-corrected chi connectivity index (χ3v) is 5.11. The van der Waals surface area contributed by atoms with Crippen molar-refractivity contribution in [1.82, 2.24) is 0 Å². The minimum absolute atomic E-state index is 0.120. The lowest BCUT2D eigenvalue weighted by atomic mass is 9.83. The first-order chi connectivity index (χ1) is 12.0. The molecule has 26 heavy (non-hydrogen) atoms. The number of ether oxygens (including phenoxy) is 2. The third-order valence-electron chi connectivity index (χ3n) is 5.11. The molecule has 6 nitrogen and oxygen atoms in total. The van der Waals surface area contributed by atoms with E-state index in [1.807, 2.05) is 13.8 Å². The Kier molecular flexibility index (Phi) is 4.25. The number of carboxylic acid groups (broad SMARTS) is 1. The molecule has 3 atom stereocenters. The van der Waals surface area contributed by atoms with Crippen LogP contribution in [0, 0.1) is 5.92 Å². The van der Waals surface area contributed by atoms with Crippen LogP contribution in [0.2, 0.25) is 0 Å². The van der Waals surface area contributed by atoms with Crippen LogP contribution in [0.4, 0.5) is 0 Å². The molecule has 0 fully saturated rings. The van der Waals surface area contributed by atoms with Crippen LogP contribution in [0.15, 0.2) is 6.08 Å². The molecule has 2 aliphatic rings. The molecule has 0 bridgehead atoms. The van der Waals surface area contributed by atoms with Crippen LogP contribution in [0.25, 0.3) is 6.08 Å². The number of Topliss-reactive ketones (excluding diaryl/α,β-unsaturated/α-hetero) is 1. The number of phenolic OH excluding ortho intramolecular Hbond substituents is 1. The predicted molar refractivity (Wildman–Crippen MR) is 96.1 cm³/mol. The highest BCUT2D eigenvalue weighted by Crippen LogP contribution is 2.52. The lowest BCUT2D eigenvalue weighted by Gasteiger charge is -2.36. The van der Waals surface area contributed by atoms with Crippen molar-refractivity contribution in [3.8, 4) is 17.2 Å². The van der Waals surface area contributed by atoms with Crippen LogP contribution in [0.3, 0.4) is 0 Å². The normalized spacial score (nSPS) is 24.1. The molecule has 6 heteroatoms. The van der Waals surface area contributed by atoms with E-state index in [4.69, 9.17) is 9.47 Å². The van der Waals surface area contributed by atoms with Crippen molar-refractivity contribution in [2.24, 2.45) is 5.92 Å². The number of phenols is 1. The largest absolute Gasteiger partial charge is 0.506 e. The Hall–Kier alpha value is -2.50. The number of benzene rings is 1. The quantitative estimate of drug-likeness (QED) is 0.853. The number of aliphatic carboxylic acids is 1. The van der Waals surface area contributed by atoms with Crippen LogP contribution in [-0.2, 0) is 4.79 Å². The van der Waals surface area contributed by atoms with Gasteiger partial charge in [0.25, 0.3) is 0 Å². The summed E-state index contributed by atoms with van der Waals surface area (Å²) in [5, 5.41) is 20.0. The maximum absolute atomic E-state index is 12.8. The van der Waals surface area contributed by atoms with Gasteiger partial charge in [0.05, 0.1) is 17.9 Å². The molecule has 0 aromatic heterocycles. The number of hydrogen-bond donors (Lipinski definition) is 2. The number of fused-ring (bicyclic) bond motifs is 2. The lowest BCUT2D eigenvalue weighted by molar-refractivity contribution is -0.137. The number of rotatable bonds is 3. The van der Waals surface area contributed by atoms with E-state index in [1.165, 1.54) is 0 Å². The lowest BCUT2D eigenvalue weighted by Crippen LogP contribution is -2.35. The summed E-state index contributed by atoms with van der Waals surface area (Å²) in [4.78, 5) is 24.1. The molecule has 0 saturated heterocycles. The van der Waals surface area contributed by atoms with Crippen molar-refractivity contribution in [2.75, 3.05) is 0 Å². The Morgan fingerprint density at radius 2 is 1.96 bits per heavy atom. The van der Waals surface area contributed by atoms with Gasteiger partial charge in [-0.25, -0.2) is 0 Å². The highest BCUT2D eigenvalue weighted by Gasteiger charge is 2.41. The maximum atomic E-state index is 12.8. The predicted octanol–water partition coefficient (Wildman–Crippen LogP) is 3.75. The molecular weight excluding hydrogens is 336 g/mol. The van der Waals surface area contributed by atoms with Crippen molar-refractivity contribution in [3.05, 3.63) is 22.8 Å². The summed E-state index contributed by atoms with van der Waals surface area (Å²) < 4.78 is 12.1. The highest BCUT2D eigenvalue weighted by atomic mass is 16.5. The zero-order valence-corrected chi connectivity index (χ0v) is 15.6. The van der Waals surface area contributed by atoms with Gasteiger partial charge in [-0.15, -0.1) is 0 Å². The Morgan fingerprint density at radius 1 is 1.31 bits per heavy atom. The van der Waals surface area contributed by atoms with Gasteiger partial charge >= 0.3 is 5.97 Å². The smallest absolute Gasteiger partial charge is 0.303 e. The number of carbonyl (C=O) groups excluding carboxylic acids is 1. The fourth-order valence-electron chi connectivity index (χ4n) is 3.47. The summed E-state index contributed by atoms with van der Waals surface area (Å²) in [6, 6.07) is 0. The third kappa shape index (κ3) is 2.83. The number of ketones is 1. The van der Waals surface area contributed by atoms with Gasteiger partial charge in [-0.05, 0) is 38.8 Å². The zero-order valence-electron chi connectivity index (χ0n) is 15.6. The van der Waals surface area contributed by atoms with Crippen LogP contribution in [0.1, 0.15) is 68.4 Å². The van der Waals surface area contributed by atoms with E-state index in [0.29, 0.717) is 16.9 Å². The van der Waals surface area contributed by atoms with Gasteiger partial charge in [-0.3, -0.25) is 9.59 Å². The van der Waals surface area contributed by atoms with Gasteiger partial charge < -0.3 is 19.7 Å². The Labute approximate surface area is 152 Å². The minimum atomic E-state index is -0.956. The van der Waals surface area contributed by atoms with Crippen LogP contribution < -0.4 is 9.47 Å². The van der Waals surface area contributed by atoms with E-state index in [-0.39, 0.29) is 35.4 Å². The SMILES string of the molecule is C[C@H](CC(=O)O)c1c2c(c(O)c3c1O[C@H](C)[C@H](C)C3=O)C=CC(C)(C)O2. The van der Waals surface area contributed by atoms with Crippen molar-refractivity contribution in [1.29, 1.82) is 0 Å². The molecule has 1 aromatic rings. The number of aromatic hydroxyl groups is 1. The monoisotopic (exact) mass is 360 g/mol. The van der Waals surface area contributed by atoms with Crippen molar-refractivity contribution in [2.45, 2.75) is 58.7 Å². The molecule has 1 aromatic carbocycles. The highest BCUT2D eigenvalue weighted by molar-refractivity contribution is 6.06. The van der Waals surface area contributed by atoms with Gasteiger partial charge in [-0.2, -0.15) is 0 Å². The average molecular weight is 360 g/mol. The van der Waals surface area contributed by atoms with Gasteiger partial charge in [0.1, 0.15) is 34.5 Å². The molecule has 2 N–H and O–H groups in total. The Morgan fingerprint density at radius 3 is 2.58 bits per heavy atom. The summed E-state index contributed by atoms with van der Waals surface area (Å²) in [5.41, 5.74) is 0.423. The van der Waals surface area contributed by atoms with Crippen LogP contribution in [-0.4, -0.2) is 33.7 Å². The zero-order chi connectivity index (χ0) is 19.4.